The van der Waals surface area contributed by atoms with Gasteiger partial charge >= 0.3 is 0 Å². The fourth-order valence-electron chi connectivity index (χ4n) is 4.73. The van der Waals surface area contributed by atoms with Gasteiger partial charge < -0.3 is 28.8 Å². The lowest BCUT2D eigenvalue weighted by molar-refractivity contribution is -0.139. The van der Waals surface area contributed by atoms with E-state index >= 15 is 0 Å². The van der Waals surface area contributed by atoms with Crippen LogP contribution in [0.25, 0.3) is 5.76 Å². The lowest BCUT2D eigenvalue weighted by Crippen LogP contribution is -2.31. The summed E-state index contributed by atoms with van der Waals surface area (Å²) in [5.41, 5.74) is 1.15. The predicted molar refractivity (Wildman–Crippen MR) is 140 cm³/mol. The minimum atomic E-state index is -0.740. The summed E-state index contributed by atoms with van der Waals surface area (Å²) in [6.45, 7) is 4.53. The molecule has 9 nitrogen and oxygen atoms in total. The van der Waals surface area contributed by atoms with Gasteiger partial charge in [0, 0.05) is 31.0 Å². The topological polar surface area (TPSA) is 103 Å². The maximum absolute atomic E-state index is 13.3. The minimum Gasteiger partial charge on any atom is -0.507 e. The number of carbonyl (C=O) groups excluding carboxylic acids is 2. The number of ketones is 1. The molecule has 3 heterocycles. The lowest BCUT2D eigenvalue weighted by atomic mass is 9.95. The molecule has 0 bridgehead atoms. The molecule has 0 saturated carbocycles. The van der Waals surface area contributed by atoms with Crippen molar-refractivity contribution in [3.8, 4) is 17.2 Å². The SMILES string of the molecule is CCCCOc1ccc(C2/C(=C(/O)c3ccc4c(c3)OCCO4)C(=O)C(=O)N2CCCn2ccnc2)cc1. The Kier molecular flexibility index (Phi) is 7.62. The number of ether oxygens (including phenoxy) is 3. The van der Waals surface area contributed by atoms with Crippen LogP contribution < -0.4 is 14.2 Å². The number of aromatic nitrogens is 2. The zero-order chi connectivity index (χ0) is 26.5. The van der Waals surface area contributed by atoms with E-state index in [1.807, 2.05) is 35.0 Å². The fraction of sp³-hybridized carbons (Fsp3) is 0.345. The number of amides is 1. The monoisotopic (exact) mass is 517 g/mol. The highest BCUT2D eigenvalue weighted by molar-refractivity contribution is 6.46. The number of rotatable bonds is 10. The molecule has 3 aromatic rings. The van der Waals surface area contributed by atoms with Crippen LogP contribution in [0.4, 0.5) is 0 Å². The van der Waals surface area contributed by atoms with Crippen LogP contribution in [0.15, 0.2) is 66.8 Å². The number of carbonyl (C=O) groups is 2. The molecule has 1 saturated heterocycles. The number of aryl methyl sites for hydroxylation is 1. The summed E-state index contributed by atoms with van der Waals surface area (Å²) in [5, 5.41) is 11.4. The molecule has 1 aromatic heterocycles. The smallest absolute Gasteiger partial charge is 0.295 e. The van der Waals surface area contributed by atoms with E-state index in [-0.39, 0.29) is 11.3 Å². The molecule has 9 heteroatoms. The Labute approximate surface area is 221 Å². The average molecular weight is 518 g/mol. The van der Waals surface area contributed by atoms with Crippen LogP contribution in [-0.2, 0) is 16.1 Å². The van der Waals surface area contributed by atoms with E-state index in [1.54, 1.807) is 30.7 Å². The number of Topliss-reactive ketones (excluding diaryl/α,β-unsaturated/α-hetero) is 1. The third-order valence-electron chi connectivity index (χ3n) is 6.69. The fourth-order valence-corrected chi connectivity index (χ4v) is 4.73. The van der Waals surface area contributed by atoms with Crippen LogP contribution in [0.2, 0.25) is 0 Å². The van der Waals surface area contributed by atoms with Gasteiger partial charge in [0.15, 0.2) is 11.5 Å². The quantitative estimate of drug-likeness (QED) is 0.185. The molecule has 198 valence electrons. The van der Waals surface area contributed by atoms with Crippen LogP contribution in [-0.4, -0.2) is 57.6 Å². The molecule has 1 N–H and O–H groups in total. The van der Waals surface area contributed by atoms with Crippen molar-refractivity contribution >= 4 is 17.4 Å². The Morgan fingerprint density at radius 2 is 1.84 bits per heavy atom. The summed E-state index contributed by atoms with van der Waals surface area (Å²) in [4.78, 5) is 32.2. The standard InChI is InChI=1S/C29H31N3O6/c1-2-3-15-36-22-8-5-20(6-9-22)26-25(27(33)21-7-10-23-24(18-21)38-17-16-37-23)28(34)29(35)32(26)13-4-12-31-14-11-30-19-31/h5-11,14,18-19,26,33H,2-4,12-13,15-17H2,1H3/b27-25-. The number of hydrogen-bond acceptors (Lipinski definition) is 7. The van der Waals surface area contributed by atoms with Gasteiger partial charge in [-0.25, -0.2) is 4.98 Å². The maximum Gasteiger partial charge on any atom is 0.295 e. The molecule has 2 aliphatic heterocycles. The van der Waals surface area contributed by atoms with Gasteiger partial charge in [0.05, 0.1) is 24.5 Å². The molecule has 2 aromatic carbocycles. The van der Waals surface area contributed by atoms with E-state index in [0.29, 0.717) is 67.7 Å². The number of nitrogens with zero attached hydrogens (tertiary/aromatic N) is 3. The molecule has 1 amide bonds. The first kappa shape index (κ1) is 25.4. The van der Waals surface area contributed by atoms with Crippen molar-refractivity contribution in [3.05, 3.63) is 77.9 Å². The Hall–Kier alpha value is -4.27. The Morgan fingerprint density at radius 1 is 1.05 bits per heavy atom. The van der Waals surface area contributed by atoms with Crippen LogP contribution in [0.5, 0.6) is 17.2 Å². The summed E-state index contributed by atoms with van der Waals surface area (Å²) in [6, 6.07) is 11.6. The Morgan fingerprint density at radius 3 is 2.58 bits per heavy atom. The molecule has 38 heavy (non-hydrogen) atoms. The number of aliphatic hydroxyl groups is 1. The number of hydrogen-bond donors (Lipinski definition) is 1. The third-order valence-corrected chi connectivity index (χ3v) is 6.69. The second kappa shape index (κ2) is 11.4. The van der Waals surface area contributed by atoms with Gasteiger partial charge in [-0.15, -0.1) is 0 Å². The molecule has 0 spiro atoms. The predicted octanol–water partition coefficient (Wildman–Crippen LogP) is 4.35. The van der Waals surface area contributed by atoms with Crippen molar-refractivity contribution in [2.24, 2.45) is 0 Å². The highest BCUT2D eigenvalue weighted by atomic mass is 16.6. The van der Waals surface area contributed by atoms with Crippen molar-refractivity contribution in [3.63, 3.8) is 0 Å². The summed E-state index contributed by atoms with van der Waals surface area (Å²) >= 11 is 0. The first-order valence-corrected chi connectivity index (χ1v) is 12.9. The van der Waals surface area contributed by atoms with E-state index in [0.717, 1.165) is 12.8 Å². The summed E-state index contributed by atoms with van der Waals surface area (Å²) in [5.74, 6) is 0.177. The van der Waals surface area contributed by atoms with Gasteiger partial charge in [0.2, 0.25) is 0 Å². The van der Waals surface area contributed by atoms with E-state index in [1.165, 1.54) is 4.90 Å². The Bertz CT molecular complexity index is 1320. The first-order chi connectivity index (χ1) is 18.6. The minimum absolute atomic E-state index is 0.0500. The highest BCUT2D eigenvalue weighted by Crippen LogP contribution is 2.41. The summed E-state index contributed by atoms with van der Waals surface area (Å²) < 4.78 is 18.9. The number of imidazole rings is 1. The second-order valence-corrected chi connectivity index (χ2v) is 9.28. The first-order valence-electron chi connectivity index (χ1n) is 12.9. The highest BCUT2D eigenvalue weighted by Gasteiger charge is 2.45. The van der Waals surface area contributed by atoms with Crippen LogP contribution >= 0.6 is 0 Å². The average Bonchev–Trinajstić information content (AvgIpc) is 3.55. The van der Waals surface area contributed by atoms with E-state index in [9.17, 15) is 14.7 Å². The zero-order valence-corrected chi connectivity index (χ0v) is 21.3. The van der Waals surface area contributed by atoms with Gasteiger partial charge in [-0.2, -0.15) is 0 Å². The lowest BCUT2D eigenvalue weighted by Gasteiger charge is -2.26. The number of likely N-dealkylation sites (tertiary alicyclic amines) is 1. The molecule has 0 radical (unpaired) electrons. The summed E-state index contributed by atoms with van der Waals surface area (Å²) in [7, 11) is 0. The molecule has 1 unspecified atom stereocenters. The molecule has 5 rings (SSSR count). The number of benzene rings is 2. The molecule has 1 fully saturated rings. The van der Waals surface area contributed by atoms with Crippen molar-refractivity contribution in [2.45, 2.75) is 38.8 Å². The van der Waals surface area contributed by atoms with E-state index in [2.05, 4.69) is 11.9 Å². The second-order valence-electron chi connectivity index (χ2n) is 9.28. The normalized spacial score (nSPS) is 18.1. The van der Waals surface area contributed by atoms with Crippen molar-refractivity contribution in [1.29, 1.82) is 0 Å². The van der Waals surface area contributed by atoms with Crippen LogP contribution in [0, 0.1) is 0 Å². The third kappa shape index (κ3) is 5.22. The zero-order valence-electron chi connectivity index (χ0n) is 21.3. The van der Waals surface area contributed by atoms with Crippen molar-refractivity contribution in [1.82, 2.24) is 14.5 Å². The maximum atomic E-state index is 13.3. The van der Waals surface area contributed by atoms with Gasteiger partial charge in [-0.3, -0.25) is 9.59 Å². The van der Waals surface area contributed by atoms with Crippen LogP contribution in [0.3, 0.4) is 0 Å². The molecule has 1 atom stereocenters. The van der Waals surface area contributed by atoms with Gasteiger partial charge in [-0.05, 0) is 48.7 Å². The number of aliphatic hydroxyl groups excluding tert-OH is 1. The largest absolute Gasteiger partial charge is 0.507 e. The summed E-state index contributed by atoms with van der Waals surface area (Å²) in [6.07, 6.45) is 7.86. The van der Waals surface area contributed by atoms with Crippen molar-refractivity contribution < 1.29 is 28.9 Å². The van der Waals surface area contributed by atoms with E-state index < -0.39 is 17.7 Å². The Balaban J connectivity index is 1.48. The molecular weight excluding hydrogens is 486 g/mol. The van der Waals surface area contributed by atoms with Gasteiger partial charge in [0.25, 0.3) is 11.7 Å². The van der Waals surface area contributed by atoms with Gasteiger partial charge in [0.1, 0.15) is 24.7 Å². The molecule has 0 aliphatic carbocycles. The molecule has 2 aliphatic rings. The molecular formula is C29H31N3O6. The van der Waals surface area contributed by atoms with Gasteiger partial charge in [-0.1, -0.05) is 25.5 Å². The number of unbranched alkanes of at least 4 members (excludes halogenated alkanes) is 1. The van der Waals surface area contributed by atoms with E-state index in [4.69, 9.17) is 14.2 Å². The number of fused-ring (bicyclic) bond motifs is 1. The van der Waals surface area contributed by atoms with Crippen molar-refractivity contribution in [2.75, 3.05) is 26.4 Å². The van der Waals surface area contributed by atoms with Crippen LogP contribution in [0.1, 0.15) is 43.4 Å².